The predicted molar refractivity (Wildman–Crippen MR) is 89.1 cm³/mol. The van der Waals surface area contributed by atoms with E-state index >= 15 is 0 Å². The van der Waals surface area contributed by atoms with E-state index in [4.69, 9.17) is 4.52 Å². The molecule has 1 aliphatic heterocycles. The third kappa shape index (κ3) is 4.29. The summed E-state index contributed by atoms with van der Waals surface area (Å²) in [5.41, 5.74) is -0.389. The van der Waals surface area contributed by atoms with E-state index in [-0.39, 0.29) is 23.1 Å². The number of benzene rings is 1. The number of hydrogen-bond donors (Lipinski definition) is 0. The molecule has 27 heavy (non-hydrogen) atoms. The highest BCUT2D eigenvalue weighted by Gasteiger charge is 2.31. The van der Waals surface area contributed by atoms with Crippen LogP contribution in [0.3, 0.4) is 0 Å². The van der Waals surface area contributed by atoms with Crippen molar-refractivity contribution < 1.29 is 27.3 Å². The summed E-state index contributed by atoms with van der Waals surface area (Å²) >= 11 is 0. The van der Waals surface area contributed by atoms with E-state index in [1.165, 1.54) is 12.1 Å². The normalized spacial score (nSPS) is 15.6. The summed E-state index contributed by atoms with van der Waals surface area (Å²) in [5.74, 6) is -0.0849. The number of rotatable bonds is 2. The summed E-state index contributed by atoms with van der Waals surface area (Å²) < 4.78 is 42.9. The molecule has 2 aromatic rings. The zero-order valence-corrected chi connectivity index (χ0v) is 14.6. The van der Waals surface area contributed by atoms with Gasteiger partial charge in [0.2, 0.25) is 0 Å². The van der Waals surface area contributed by atoms with Gasteiger partial charge in [-0.1, -0.05) is 5.16 Å². The van der Waals surface area contributed by atoms with Gasteiger partial charge in [0.1, 0.15) is 5.76 Å². The molecule has 0 atom stereocenters. The van der Waals surface area contributed by atoms with Crippen LogP contribution in [-0.2, 0) is 6.18 Å². The van der Waals surface area contributed by atoms with Gasteiger partial charge in [0.15, 0.2) is 5.69 Å². The van der Waals surface area contributed by atoms with Crippen molar-refractivity contribution in [2.24, 2.45) is 0 Å². The smallest absolute Gasteiger partial charge is 0.361 e. The van der Waals surface area contributed by atoms with Gasteiger partial charge in [0.05, 0.1) is 5.56 Å². The van der Waals surface area contributed by atoms with Crippen LogP contribution in [0.15, 0.2) is 34.9 Å². The lowest BCUT2D eigenvalue weighted by molar-refractivity contribution is -0.137. The van der Waals surface area contributed by atoms with Crippen molar-refractivity contribution in [3.05, 3.63) is 52.9 Å². The van der Waals surface area contributed by atoms with Crippen LogP contribution in [0.1, 0.15) is 38.6 Å². The maximum absolute atomic E-state index is 12.6. The molecule has 1 saturated heterocycles. The molecule has 1 aromatic heterocycles. The molecular formula is C18H18F3N3O3. The third-order valence-electron chi connectivity index (χ3n) is 4.38. The highest BCUT2D eigenvalue weighted by atomic mass is 19.4. The maximum Gasteiger partial charge on any atom is 0.416 e. The first-order chi connectivity index (χ1) is 12.8. The van der Waals surface area contributed by atoms with Crippen molar-refractivity contribution in [2.75, 3.05) is 26.2 Å². The number of nitrogens with zero attached hydrogens (tertiary/aromatic N) is 3. The lowest BCUT2D eigenvalue weighted by atomic mass is 10.1. The van der Waals surface area contributed by atoms with Crippen molar-refractivity contribution >= 4 is 11.8 Å². The molecule has 2 amide bonds. The second-order valence-corrected chi connectivity index (χ2v) is 6.34. The molecule has 1 aromatic carbocycles. The number of aryl methyl sites for hydroxylation is 1. The fraction of sp³-hybridized carbons (Fsp3) is 0.389. The number of alkyl halides is 3. The van der Waals surface area contributed by atoms with Gasteiger partial charge in [-0.3, -0.25) is 9.59 Å². The van der Waals surface area contributed by atoms with Crippen LogP contribution in [0, 0.1) is 6.92 Å². The average molecular weight is 381 g/mol. The second kappa shape index (κ2) is 7.42. The zero-order valence-electron chi connectivity index (χ0n) is 14.6. The third-order valence-corrected chi connectivity index (χ3v) is 4.38. The Kier molecular flexibility index (Phi) is 5.20. The lowest BCUT2D eigenvalue weighted by Crippen LogP contribution is -2.37. The van der Waals surface area contributed by atoms with Gasteiger partial charge in [-0.15, -0.1) is 0 Å². The molecule has 1 fully saturated rings. The number of amides is 2. The summed E-state index contributed by atoms with van der Waals surface area (Å²) in [6.45, 7) is 3.18. The van der Waals surface area contributed by atoms with E-state index in [0.717, 1.165) is 12.1 Å². The van der Waals surface area contributed by atoms with E-state index < -0.39 is 11.7 Å². The highest BCUT2D eigenvalue weighted by Crippen LogP contribution is 2.29. The largest absolute Gasteiger partial charge is 0.416 e. The van der Waals surface area contributed by atoms with Crippen molar-refractivity contribution in [3.8, 4) is 0 Å². The van der Waals surface area contributed by atoms with E-state index in [9.17, 15) is 22.8 Å². The first kappa shape index (κ1) is 18.9. The summed E-state index contributed by atoms with van der Waals surface area (Å²) in [6.07, 6.45) is -3.88. The maximum atomic E-state index is 12.6. The molecule has 0 aliphatic carbocycles. The first-order valence-electron chi connectivity index (χ1n) is 8.45. The quantitative estimate of drug-likeness (QED) is 0.802. The Hall–Kier alpha value is -2.84. The van der Waals surface area contributed by atoms with Gasteiger partial charge in [-0.2, -0.15) is 13.2 Å². The Morgan fingerprint density at radius 3 is 2.11 bits per heavy atom. The average Bonchev–Trinajstić information content (AvgIpc) is 2.92. The molecule has 0 unspecified atom stereocenters. The van der Waals surface area contributed by atoms with Gasteiger partial charge in [-0.25, -0.2) is 0 Å². The molecule has 6 nitrogen and oxygen atoms in total. The van der Waals surface area contributed by atoms with Crippen molar-refractivity contribution in [3.63, 3.8) is 0 Å². The fourth-order valence-electron chi connectivity index (χ4n) is 2.94. The Morgan fingerprint density at radius 1 is 1.00 bits per heavy atom. The summed E-state index contributed by atoms with van der Waals surface area (Å²) in [4.78, 5) is 28.2. The van der Waals surface area contributed by atoms with Crippen LogP contribution < -0.4 is 0 Å². The van der Waals surface area contributed by atoms with Crippen molar-refractivity contribution in [1.82, 2.24) is 15.0 Å². The minimum absolute atomic E-state index is 0.190. The SMILES string of the molecule is Cc1cc(C(=O)N2CCCN(C(=O)c3ccc(C(F)(F)F)cc3)CC2)no1. The Balaban J connectivity index is 1.65. The Bertz CT molecular complexity index is 830. The minimum atomic E-state index is -4.44. The Morgan fingerprint density at radius 2 is 1.59 bits per heavy atom. The number of aromatic nitrogens is 1. The van der Waals surface area contributed by atoms with E-state index in [2.05, 4.69) is 5.16 Å². The highest BCUT2D eigenvalue weighted by molar-refractivity contribution is 5.95. The van der Waals surface area contributed by atoms with Gasteiger partial charge in [0.25, 0.3) is 11.8 Å². The van der Waals surface area contributed by atoms with Crippen LogP contribution in [0.2, 0.25) is 0 Å². The van der Waals surface area contributed by atoms with Crippen LogP contribution in [0.4, 0.5) is 13.2 Å². The van der Waals surface area contributed by atoms with E-state index in [0.29, 0.717) is 38.4 Å². The van der Waals surface area contributed by atoms with Crippen LogP contribution in [0.5, 0.6) is 0 Å². The molecule has 0 radical (unpaired) electrons. The van der Waals surface area contributed by atoms with E-state index in [1.54, 1.807) is 22.8 Å². The van der Waals surface area contributed by atoms with Gasteiger partial charge in [-0.05, 0) is 37.6 Å². The van der Waals surface area contributed by atoms with Gasteiger partial charge < -0.3 is 14.3 Å². The van der Waals surface area contributed by atoms with Crippen LogP contribution in [-0.4, -0.2) is 52.9 Å². The molecule has 0 N–H and O–H groups in total. The summed E-state index contributed by atoms with van der Waals surface area (Å²) in [5, 5.41) is 3.71. The van der Waals surface area contributed by atoms with Gasteiger partial charge in [0, 0.05) is 37.8 Å². The standard InChI is InChI=1S/C18H18F3N3O3/c1-12-11-15(22-27-12)17(26)24-8-2-7-23(9-10-24)16(25)13-3-5-14(6-4-13)18(19,20)21/h3-6,11H,2,7-10H2,1H3. The zero-order chi connectivity index (χ0) is 19.6. The van der Waals surface area contributed by atoms with E-state index in [1.807, 2.05) is 0 Å². The number of halogens is 3. The molecule has 3 rings (SSSR count). The molecular weight excluding hydrogens is 363 g/mol. The number of hydrogen-bond acceptors (Lipinski definition) is 4. The summed E-state index contributed by atoms with van der Waals surface area (Å²) in [7, 11) is 0. The van der Waals surface area contributed by atoms with Crippen molar-refractivity contribution in [1.29, 1.82) is 0 Å². The monoisotopic (exact) mass is 381 g/mol. The predicted octanol–water partition coefficient (Wildman–Crippen LogP) is 2.99. The first-order valence-corrected chi connectivity index (χ1v) is 8.45. The summed E-state index contributed by atoms with van der Waals surface area (Å²) in [6, 6.07) is 5.70. The van der Waals surface area contributed by atoms with Crippen molar-refractivity contribution in [2.45, 2.75) is 19.5 Å². The molecule has 0 saturated carbocycles. The molecule has 0 spiro atoms. The van der Waals surface area contributed by atoms with Gasteiger partial charge >= 0.3 is 6.18 Å². The second-order valence-electron chi connectivity index (χ2n) is 6.34. The van der Waals surface area contributed by atoms with Crippen LogP contribution in [0.25, 0.3) is 0 Å². The fourth-order valence-corrected chi connectivity index (χ4v) is 2.94. The Labute approximate surface area is 153 Å². The minimum Gasteiger partial charge on any atom is -0.361 e. The molecule has 1 aliphatic rings. The number of carbonyl (C=O) groups excluding carboxylic acids is 2. The molecule has 0 bridgehead atoms. The van der Waals surface area contributed by atoms with Crippen LogP contribution >= 0.6 is 0 Å². The molecule has 2 heterocycles. The molecule has 9 heteroatoms. The number of carbonyl (C=O) groups is 2. The lowest BCUT2D eigenvalue weighted by Gasteiger charge is -2.22. The molecule has 144 valence electrons. The topological polar surface area (TPSA) is 66.7 Å².